The molecule has 8 heteroatoms. The van der Waals surface area contributed by atoms with Crippen molar-refractivity contribution in [3.63, 3.8) is 0 Å². The summed E-state index contributed by atoms with van der Waals surface area (Å²) in [6, 6.07) is 13.5. The van der Waals surface area contributed by atoms with Gasteiger partial charge in [0.15, 0.2) is 5.16 Å². The zero-order chi connectivity index (χ0) is 23.7. The fraction of sp³-hybridized carbons (Fsp3) is 0.385. The highest BCUT2D eigenvalue weighted by Gasteiger charge is 2.20. The van der Waals surface area contributed by atoms with Gasteiger partial charge < -0.3 is 5.32 Å². The molecule has 1 N–H and O–H groups in total. The van der Waals surface area contributed by atoms with E-state index in [9.17, 15) is 9.59 Å². The first-order valence-electron chi connectivity index (χ1n) is 11.9. The van der Waals surface area contributed by atoms with Crippen molar-refractivity contribution in [2.75, 3.05) is 12.3 Å². The number of benzene rings is 2. The van der Waals surface area contributed by atoms with Crippen LogP contribution in [0.5, 0.6) is 0 Å². The first-order valence-corrected chi connectivity index (χ1v) is 12.9. The number of aromatic nitrogens is 4. The Morgan fingerprint density at radius 2 is 1.88 bits per heavy atom. The van der Waals surface area contributed by atoms with Crippen LogP contribution < -0.4 is 10.9 Å². The van der Waals surface area contributed by atoms with Crippen molar-refractivity contribution in [2.24, 2.45) is 5.92 Å². The van der Waals surface area contributed by atoms with Gasteiger partial charge in [-0.25, -0.2) is 4.57 Å². The number of carbonyl (C=O) groups excluding carboxylic acids is 1. The van der Waals surface area contributed by atoms with Crippen molar-refractivity contribution < 1.29 is 4.79 Å². The zero-order valence-electron chi connectivity index (χ0n) is 19.6. The predicted octanol–water partition coefficient (Wildman–Crippen LogP) is 4.44. The van der Waals surface area contributed by atoms with Crippen LogP contribution >= 0.6 is 11.8 Å². The normalized spacial score (nSPS) is 14.6. The van der Waals surface area contributed by atoms with Crippen LogP contribution in [-0.2, 0) is 4.79 Å². The Morgan fingerprint density at radius 3 is 2.68 bits per heavy atom. The summed E-state index contributed by atoms with van der Waals surface area (Å²) >= 11 is 1.34. The first-order chi connectivity index (χ1) is 16.5. The molecule has 176 valence electrons. The lowest BCUT2D eigenvalue weighted by atomic mass is 9.89. The van der Waals surface area contributed by atoms with Crippen LogP contribution in [0.3, 0.4) is 0 Å². The van der Waals surface area contributed by atoms with Gasteiger partial charge in [-0.3, -0.25) is 14.0 Å². The largest absolute Gasteiger partial charge is 0.355 e. The molecule has 1 fully saturated rings. The van der Waals surface area contributed by atoms with Crippen LogP contribution in [0.2, 0.25) is 0 Å². The van der Waals surface area contributed by atoms with Gasteiger partial charge in [0.25, 0.3) is 5.56 Å². The van der Waals surface area contributed by atoms with E-state index in [1.54, 1.807) is 4.57 Å². The first kappa shape index (κ1) is 22.7. The van der Waals surface area contributed by atoms with E-state index >= 15 is 0 Å². The molecule has 0 spiro atoms. The third kappa shape index (κ3) is 4.34. The van der Waals surface area contributed by atoms with Crippen molar-refractivity contribution in [2.45, 2.75) is 51.1 Å². The van der Waals surface area contributed by atoms with Gasteiger partial charge in [-0.2, -0.15) is 0 Å². The third-order valence-electron chi connectivity index (χ3n) is 6.63. The van der Waals surface area contributed by atoms with Gasteiger partial charge in [-0.15, -0.1) is 10.2 Å². The predicted molar refractivity (Wildman–Crippen MR) is 136 cm³/mol. The molecule has 1 aliphatic rings. The van der Waals surface area contributed by atoms with Crippen molar-refractivity contribution in [1.29, 1.82) is 0 Å². The van der Waals surface area contributed by atoms with Gasteiger partial charge >= 0.3 is 0 Å². The molecular weight excluding hydrogens is 446 g/mol. The summed E-state index contributed by atoms with van der Waals surface area (Å²) in [6.45, 7) is 4.76. The fourth-order valence-electron chi connectivity index (χ4n) is 4.88. The minimum Gasteiger partial charge on any atom is -0.355 e. The molecule has 0 aliphatic heterocycles. The van der Waals surface area contributed by atoms with E-state index in [2.05, 4.69) is 21.6 Å². The van der Waals surface area contributed by atoms with Gasteiger partial charge in [0.05, 0.1) is 22.3 Å². The number of aryl methyl sites for hydroxylation is 2. The Kier molecular flexibility index (Phi) is 6.41. The maximum atomic E-state index is 13.5. The number of nitrogens with one attached hydrogen (secondary N) is 1. The molecule has 4 aromatic rings. The van der Waals surface area contributed by atoms with E-state index in [1.807, 2.05) is 54.6 Å². The van der Waals surface area contributed by atoms with E-state index in [1.165, 1.54) is 43.9 Å². The van der Waals surface area contributed by atoms with Gasteiger partial charge in [-0.05, 0) is 56.4 Å². The van der Waals surface area contributed by atoms with Gasteiger partial charge in [0.1, 0.15) is 0 Å². The second-order valence-electron chi connectivity index (χ2n) is 9.16. The molecule has 0 saturated heterocycles. The molecule has 2 aromatic carbocycles. The maximum Gasteiger partial charge on any atom is 0.267 e. The average Bonchev–Trinajstić information content (AvgIpc) is 3.27. The molecule has 2 heterocycles. The molecule has 1 aliphatic carbocycles. The highest BCUT2D eigenvalue weighted by molar-refractivity contribution is 7.99. The van der Waals surface area contributed by atoms with Crippen LogP contribution in [0.15, 0.2) is 52.4 Å². The Balaban J connectivity index is 1.49. The summed E-state index contributed by atoms with van der Waals surface area (Å²) in [7, 11) is 0. The molecule has 1 saturated carbocycles. The van der Waals surface area contributed by atoms with E-state index in [0.29, 0.717) is 22.2 Å². The zero-order valence-corrected chi connectivity index (χ0v) is 20.4. The standard InChI is InChI=1S/C26H29N5O2S/c1-17-12-13-21(18(2)14-17)30-24(33)20-10-6-7-11-22(20)31-25(30)28-29-26(31)34-16-23(32)27-15-19-8-4-3-5-9-19/h6-7,10-14,19H,3-5,8-9,15-16H2,1-2H3,(H,27,32). The molecular formula is C26H29N5O2S. The van der Waals surface area contributed by atoms with E-state index in [-0.39, 0.29) is 17.2 Å². The topological polar surface area (TPSA) is 81.3 Å². The Labute approximate surface area is 202 Å². The average molecular weight is 476 g/mol. The number of carbonyl (C=O) groups is 1. The molecule has 0 unspecified atom stereocenters. The molecule has 5 rings (SSSR count). The second-order valence-corrected chi connectivity index (χ2v) is 10.1. The minimum absolute atomic E-state index is 0.000621. The Morgan fingerprint density at radius 1 is 1.09 bits per heavy atom. The van der Waals surface area contributed by atoms with Crippen LogP contribution in [0.4, 0.5) is 0 Å². The molecule has 1 amide bonds. The monoisotopic (exact) mass is 475 g/mol. The number of hydrogen-bond donors (Lipinski definition) is 1. The minimum atomic E-state index is -0.135. The lowest BCUT2D eigenvalue weighted by Crippen LogP contribution is -2.31. The maximum absolute atomic E-state index is 13.5. The van der Waals surface area contributed by atoms with E-state index in [4.69, 9.17) is 0 Å². The lowest BCUT2D eigenvalue weighted by molar-refractivity contribution is -0.118. The fourth-order valence-corrected chi connectivity index (χ4v) is 5.65. The number of thioether (sulfide) groups is 1. The summed E-state index contributed by atoms with van der Waals surface area (Å²) in [4.78, 5) is 26.1. The number of hydrogen-bond acceptors (Lipinski definition) is 5. The van der Waals surface area contributed by atoms with Crippen LogP contribution in [0.1, 0.15) is 43.2 Å². The second kappa shape index (κ2) is 9.62. The third-order valence-corrected chi connectivity index (χ3v) is 7.56. The van der Waals surface area contributed by atoms with Crippen LogP contribution in [0, 0.1) is 19.8 Å². The van der Waals surface area contributed by atoms with Crippen LogP contribution in [-0.4, -0.2) is 37.4 Å². The number of amides is 1. The summed E-state index contributed by atoms with van der Waals surface area (Å²) in [5, 5.41) is 13.0. The molecule has 0 atom stereocenters. The van der Waals surface area contributed by atoms with Crippen LogP contribution in [0.25, 0.3) is 22.4 Å². The smallest absolute Gasteiger partial charge is 0.267 e. The van der Waals surface area contributed by atoms with Crippen molar-refractivity contribution >= 4 is 34.3 Å². The summed E-state index contributed by atoms with van der Waals surface area (Å²) in [6.07, 6.45) is 6.22. The number of nitrogens with zero attached hydrogens (tertiary/aromatic N) is 4. The summed E-state index contributed by atoms with van der Waals surface area (Å²) in [5.41, 5.74) is 3.49. The molecule has 0 bridgehead atoms. The quantitative estimate of drug-likeness (QED) is 0.417. The van der Waals surface area contributed by atoms with Gasteiger partial charge in [0, 0.05) is 6.54 Å². The molecule has 34 heavy (non-hydrogen) atoms. The van der Waals surface area contributed by atoms with Gasteiger partial charge in [0.2, 0.25) is 11.7 Å². The highest BCUT2D eigenvalue weighted by atomic mass is 32.2. The lowest BCUT2D eigenvalue weighted by Gasteiger charge is -2.21. The highest BCUT2D eigenvalue weighted by Crippen LogP contribution is 2.25. The number of fused-ring (bicyclic) bond motifs is 3. The molecule has 2 aromatic heterocycles. The number of rotatable bonds is 6. The van der Waals surface area contributed by atoms with Crippen molar-refractivity contribution in [3.8, 4) is 5.69 Å². The number of para-hydroxylation sites is 1. The Bertz CT molecular complexity index is 1420. The van der Waals surface area contributed by atoms with Crippen molar-refractivity contribution in [1.82, 2.24) is 24.5 Å². The van der Waals surface area contributed by atoms with Gasteiger partial charge in [-0.1, -0.05) is 60.9 Å². The summed E-state index contributed by atoms with van der Waals surface area (Å²) in [5.74, 6) is 1.29. The van der Waals surface area contributed by atoms with E-state index < -0.39 is 0 Å². The van der Waals surface area contributed by atoms with E-state index in [0.717, 1.165) is 28.9 Å². The van der Waals surface area contributed by atoms with Crippen molar-refractivity contribution in [3.05, 3.63) is 63.9 Å². The Hall–Kier alpha value is -3.13. The molecule has 7 nitrogen and oxygen atoms in total. The molecule has 0 radical (unpaired) electrons. The summed E-state index contributed by atoms with van der Waals surface area (Å²) < 4.78 is 3.51. The SMILES string of the molecule is Cc1ccc(-n2c(=O)c3ccccc3n3c(SCC(=O)NCC4CCCCC4)nnc23)c(C)c1.